The number of carboxylic acids is 1. The number of aryl methyl sites for hydroxylation is 1. The van der Waals surface area contributed by atoms with Crippen LogP contribution in [-0.2, 0) is 14.3 Å². The van der Waals surface area contributed by atoms with E-state index in [0.717, 1.165) is 5.76 Å². The van der Waals surface area contributed by atoms with Crippen LogP contribution in [0.1, 0.15) is 11.5 Å². The van der Waals surface area contributed by atoms with Gasteiger partial charge in [-0.2, -0.15) is 0 Å². The summed E-state index contributed by atoms with van der Waals surface area (Å²) in [6, 6.07) is 2.41. The van der Waals surface area contributed by atoms with Crippen LogP contribution in [0, 0.1) is 6.92 Å². The average Bonchev–Trinajstić information content (AvgIpc) is 2.72. The van der Waals surface area contributed by atoms with Gasteiger partial charge in [0.15, 0.2) is 6.04 Å². The minimum absolute atomic E-state index is 0.0885. The van der Waals surface area contributed by atoms with Crippen LogP contribution in [-0.4, -0.2) is 36.7 Å². The van der Waals surface area contributed by atoms with Gasteiger partial charge in [0.05, 0.1) is 6.61 Å². The van der Waals surface area contributed by atoms with Crippen molar-refractivity contribution in [3.8, 4) is 0 Å². The molecular formula is C12H15NO5. The number of ether oxygens (including phenoxy) is 1. The molecule has 2 N–H and O–H groups in total. The molecule has 18 heavy (non-hydrogen) atoms. The lowest BCUT2D eigenvalue weighted by Crippen LogP contribution is -2.43. The molecule has 1 aromatic heterocycles. The average molecular weight is 253 g/mol. The highest BCUT2D eigenvalue weighted by Crippen LogP contribution is 2.07. The van der Waals surface area contributed by atoms with Crippen LogP contribution in [0.4, 0.5) is 0 Å². The third-order valence-corrected chi connectivity index (χ3v) is 2.11. The lowest BCUT2D eigenvalue weighted by molar-refractivity contribution is -0.142. The van der Waals surface area contributed by atoms with Gasteiger partial charge in [-0.3, -0.25) is 4.79 Å². The maximum Gasteiger partial charge on any atom is 0.328 e. The molecule has 0 aliphatic heterocycles. The fourth-order valence-corrected chi connectivity index (χ4v) is 1.26. The minimum atomic E-state index is -1.15. The fraction of sp³-hybridized carbons (Fsp3) is 0.333. The van der Waals surface area contributed by atoms with Crippen molar-refractivity contribution in [2.45, 2.75) is 13.0 Å². The summed E-state index contributed by atoms with van der Waals surface area (Å²) in [5.41, 5.74) is 0. The second-order valence-corrected chi connectivity index (χ2v) is 3.64. The van der Waals surface area contributed by atoms with E-state index in [4.69, 9.17) is 14.3 Å². The molecule has 0 aromatic carbocycles. The Bertz CT molecular complexity index is 449. The topological polar surface area (TPSA) is 88.8 Å². The smallest absolute Gasteiger partial charge is 0.328 e. The van der Waals surface area contributed by atoms with Crippen molar-refractivity contribution in [3.05, 3.63) is 29.7 Å². The third-order valence-electron chi connectivity index (χ3n) is 2.11. The molecule has 98 valence electrons. The molecule has 0 aliphatic carbocycles. The number of furan rings is 1. The van der Waals surface area contributed by atoms with E-state index in [1.54, 1.807) is 19.1 Å². The first-order valence-corrected chi connectivity index (χ1v) is 5.29. The predicted octanol–water partition coefficient (Wildman–Crippen LogP) is 0.817. The largest absolute Gasteiger partial charge is 0.480 e. The third kappa shape index (κ3) is 4.42. The van der Waals surface area contributed by atoms with Crippen LogP contribution in [0.2, 0.25) is 0 Å². The molecule has 1 amide bonds. The number of methoxy groups -OCH3 is 1. The van der Waals surface area contributed by atoms with Crippen LogP contribution in [0.3, 0.4) is 0 Å². The number of amides is 1. The second kappa shape index (κ2) is 6.61. The van der Waals surface area contributed by atoms with E-state index >= 15 is 0 Å². The van der Waals surface area contributed by atoms with E-state index in [1.807, 2.05) is 0 Å². The number of aliphatic carboxylic acids is 1. The molecule has 0 aliphatic rings. The molecule has 0 radical (unpaired) electrons. The Morgan fingerprint density at radius 2 is 2.28 bits per heavy atom. The second-order valence-electron chi connectivity index (χ2n) is 3.64. The van der Waals surface area contributed by atoms with E-state index in [-0.39, 0.29) is 6.61 Å². The van der Waals surface area contributed by atoms with E-state index < -0.39 is 17.9 Å². The van der Waals surface area contributed by atoms with Crippen molar-refractivity contribution in [3.63, 3.8) is 0 Å². The highest BCUT2D eigenvalue weighted by Gasteiger charge is 2.18. The van der Waals surface area contributed by atoms with E-state index in [0.29, 0.717) is 5.76 Å². The first-order valence-electron chi connectivity index (χ1n) is 5.29. The van der Waals surface area contributed by atoms with E-state index in [2.05, 4.69) is 5.32 Å². The molecule has 6 heteroatoms. The van der Waals surface area contributed by atoms with Crippen LogP contribution in [0.25, 0.3) is 6.08 Å². The van der Waals surface area contributed by atoms with Crippen molar-refractivity contribution < 1.29 is 23.8 Å². The molecular weight excluding hydrogens is 238 g/mol. The van der Waals surface area contributed by atoms with Gasteiger partial charge in [0.1, 0.15) is 11.5 Å². The molecule has 0 saturated carbocycles. The van der Waals surface area contributed by atoms with E-state index in [1.165, 1.54) is 19.3 Å². The summed E-state index contributed by atoms with van der Waals surface area (Å²) >= 11 is 0. The first-order chi connectivity index (χ1) is 8.52. The Balaban J connectivity index is 2.54. The van der Waals surface area contributed by atoms with Crippen LogP contribution < -0.4 is 5.32 Å². The molecule has 1 heterocycles. The van der Waals surface area contributed by atoms with Gasteiger partial charge in [-0.05, 0) is 25.1 Å². The maximum absolute atomic E-state index is 11.5. The molecule has 0 bridgehead atoms. The van der Waals surface area contributed by atoms with Crippen LogP contribution in [0.15, 0.2) is 22.6 Å². The number of hydrogen-bond donors (Lipinski definition) is 2. The Morgan fingerprint density at radius 1 is 1.56 bits per heavy atom. The summed E-state index contributed by atoms with van der Waals surface area (Å²) < 4.78 is 9.92. The van der Waals surface area contributed by atoms with Crippen molar-refractivity contribution >= 4 is 18.0 Å². The summed E-state index contributed by atoms with van der Waals surface area (Å²) in [6.45, 7) is 1.70. The van der Waals surface area contributed by atoms with Gasteiger partial charge in [-0.15, -0.1) is 0 Å². The quantitative estimate of drug-likeness (QED) is 0.732. The summed E-state index contributed by atoms with van der Waals surface area (Å²) in [4.78, 5) is 22.2. The lowest BCUT2D eigenvalue weighted by atomic mass is 10.3. The summed E-state index contributed by atoms with van der Waals surface area (Å²) in [6.07, 6.45) is 2.68. The van der Waals surface area contributed by atoms with Gasteiger partial charge >= 0.3 is 5.97 Å². The van der Waals surface area contributed by atoms with Crippen molar-refractivity contribution in [1.29, 1.82) is 0 Å². The lowest BCUT2D eigenvalue weighted by Gasteiger charge is -2.11. The fourth-order valence-electron chi connectivity index (χ4n) is 1.26. The molecule has 1 unspecified atom stereocenters. The van der Waals surface area contributed by atoms with Crippen LogP contribution in [0.5, 0.6) is 0 Å². The van der Waals surface area contributed by atoms with E-state index in [9.17, 15) is 9.59 Å². The summed E-state index contributed by atoms with van der Waals surface area (Å²) in [5.74, 6) is -0.403. The maximum atomic E-state index is 11.5. The molecule has 0 spiro atoms. The molecule has 1 rings (SSSR count). The summed E-state index contributed by atoms with van der Waals surface area (Å²) in [7, 11) is 1.36. The highest BCUT2D eigenvalue weighted by atomic mass is 16.5. The summed E-state index contributed by atoms with van der Waals surface area (Å²) in [5, 5.41) is 11.1. The Morgan fingerprint density at radius 3 is 2.78 bits per heavy atom. The van der Waals surface area contributed by atoms with Gasteiger partial charge in [-0.25, -0.2) is 4.79 Å². The molecule has 1 atom stereocenters. The van der Waals surface area contributed by atoms with Gasteiger partial charge < -0.3 is 19.6 Å². The number of carbonyl (C=O) groups is 2. The van der Waals surface area contributed by atoms with Crippen LogP contribution >= 0.6 is 0 Å². The van der Waals surface area contributed by atoms with Gasteiger partial charge in [0.25, 0.3) is 0 Å². The zero-order chi connectivity index (χ0) is 13.5. The number of nitrogens with one attached hydrogen (secondary N) is 1. The van der Waals surface area contributed by atoms with Crippen molar-refractivity contribution in [2.75, 3.05) is 13.7 Å². The molecule has 0 fully saturated rings. The number of carboxylic acid groups (broad SMARTS) is 1. The van der Waals surface area contributed by atoms with Crippen molar-refractivity contribution in [1.82, 2.24) is 5.32 Å². The number of rotatable bonds is 6. The Kier molecular flexibility index (Phi) is 5.13. The minimum Gasteiger partial charge on any atom is -0.480 e. The molecule has 6 nitrogen and oxygen atoms in total. The SMILES string of the molecule is COCC(NC(=O)/C=C/c1ccc(C)o1)C(=O)O. The van der Waals surface area contributed by atoms with Gasteiger partial charge in [0.2, 0.25) is 5.91 Å². The zero-order valence-corrected chi connectivity index (χ0v) is 10.2. The van der Waals surface area contributed by atoms with Gasteiger partial charge in [0, 0.05) is 13.2 Å². The Labute approximate surface area is 104 Å². The number of carbonyl (C=O) groups excluding carboxylic acids is 1. The normalized spacial score (nSPS) is 12.6. The standard InChI is InChI=1S/C12H15NO5/c1-8-3-4-9(18-8)5-6-11(14)13-10(7-17-2)12(15)16/h3-6,10H,7H2,1-2H3,(H,13,14)(H,15,16)/b6-5+. The molecule has 0 saturated heterocycles. The van der Waals surface area contributed by atoms with Gasteiger partial charge in [-0.1, -0.05) is 0 Å². The molecule has 1 aromatic rings. The van der Waals surface area contributed by atoms with Crippen molar-refractivity contribution in [2.24, 2.45) is 0 Å². The first kappa shape index (κ1) is 14.0. The zero-order valence-electron chi connectivity index (χ0n) is 10.2. The predicted molar refractivity (Wildman–Crippen MR) is 63.9 cm³/mol. The monoisotopic (exact) mass is 253 g/mol. The number of hydrogen-bond acceptors (Lipinski definition) is 4. The Hall–Kier alpha value is -2.08. The highest BCUT2D eigenvalue weighted by molar-refractivity contribution is 5.94.